The molecule has 2 aliphatic rings. The Balaban J connectivity index is 1.36. The van der Waals surface area contributed by atoms with Crippen LogP contribution in [0.25, 0.3) is 11.2 Å². The zero-order valence-electron chi connectivity index (χ0n) is 17.0. The molecular weight excluding hydrogens is 438 g/mol. The summed E-state index contributed by atoms with van der Waals surface area (Å²) in [5.74, 6) is 0.408. The maximum absolute atomic E-state index is 11.0. The van der Waals surface area contributed by atoms with Crippen molar-refractivity contribution in [3.05, 3.63) is 53.7 Å². The second-order valence-corrected chi connectivity index (χ2v) is 9.44. The van der Waals surface area contributed by atoms with Crippen molar-refractivity contribution < 1.29 is 27.6 Å². The Hall–Kier alpha value is -2.48. The Bertz CT molecular complexity index is 1220. The van der Waals surface area contributed by atoms with E-state index in [0.717, 1.165) is 25.0 Å². The van der Waals surface area contributed by atoms with Crippen LogP contribution in [0.15, 0.2) is 36.9 Å². The van der Waals surface area contributed by atoms with Gasteiger partial charge in [0.25, 0.3) is 0 Å². The number of fused-ring (bicyclic) bond motifs is 2. The van der Waals surface area contributed by atoms with Crippen molar-refractivity contribution in [1.82, 2.24) is 19.5 Å². The monoisotopic (exact) mass is 461 g/mol. The van der Waals surface area contributed by atoms with E-state index in [2.05, 4.69) is 31.3 Å². The molecule has 0 bridgehead atoms. The van der Waals surface area contributed by atoms with Crippen molar-refractivity contribution in [2.24, 2.45) is 11.1 Å². The lowest BCUT2D eigenvalue weighted by molar-refractivity contribution is -0.0467. The average Bonchev–Trinajstić information content (AvgIpc) is 3.43. The number of aliphatic hydroxyl groups is 2. The summed E-state index contributed by atoms with van der Waals surface area (Å²) in [4.78, 5) is 13.2. The van der Waals surface area contributed by atoms with Crippen LogP contribution in [0.1, 0.15) is 23.0 Å². The third-order valence-corrected chi connectivity index (χ3v) is 6.52. The molecule has 0 saturated carbocycles. The molecule has 1 saturated heterocycles. The Labute approximate surface area is 184 Å². The van der Waals surface area contributed by atoms with Crippen LogP contribution < -0.4 is 5.14 Å². The molecule has 0 spiro atoms. The fraction of sp³-hybridized carbons (Fsp3) is 0.450. The molecule has 0 radical (unpaired) electrons. The number of nitrogens with two attached hydrogens (primary N) is 1. The molecule has 1 aromatic carbocycles. The highest BCUT2D eigenvalue weighted by Gasteiger charge is 2.45. The summed E-state index contributed by atoms with van der Waals surface area (Å²) >= 11 is 0. The van der Waals surface area contributed by atoms with Gasteiger partial charge in [0.15, 0.2) is 11.9 Å². The molecular formula is C20H23N5O6S. The van der Waals surface area contributed by atoms with Crippen molar-refractivity contribution in [2.75, 3.05) is 6.61 Å². The van der Waals surface area contributed by atoms with Crippen molar-refractivity contribution in [2.45, 2.75) is 43.8 Å². The van der Waals surface area contributed by atoms with E-state index >= 15 is 0 Å². The average molecular weight is 462 g/mol. The topological polar surface area (TPSA) is 163 Å². The highest BCUT2D eigenvalue weighted by atomic mass is 32.2. The molecule has 4 atom stereocenters. The standard InChI is InChI=1S/C20H23N5O6S/c21-32(28,29)30-8-15-17(26)18(27)20(31-15)25-10-24-16-14(22-9-23-19(16)25)7-11-5-12-3-1-2-4-13(12)6-11/h1-4,9-11,15,17-18,20,26-27H,5-8H2,(H2,21,28,29)/t15-,17-,18-,20-/m1/s1. The minimum absolute atomic E-state index is 0.408. The van der Waals surface area contributed by atoms with Crippen molar-refractivity contribution in [1.29, 1.82) is 0 Å². The lowest BCUT2D eigenvalue weighted by Crippen LogP contribution is -2.35. The van der Waals surface area contributed by atoms with E-state index < -0.39 is 41.5 Å². The molecule has 3 aromatic rings. The maximum Gasteiger partial charge on any atom is 0.333 e. The van der Waals surface area contributed by atoms with Gasteiger partial charge in [-0.05, 0) is 36.3 Å². The second kappa shape index (κ2) is 8.14. The van der Waals surface area contributed by atoms with Crippen LogP contribution in [-0.4, -0.2) is 63.1 Å². The van der Waals surface area contributed by atoms with E-state index in [0.29, 0.717) is 17.1 Å². The predicted octanol–water partition coefficient (Wildman–Crippen LogP) is -0.377. The lowest BCUT2D eigenvalue weighted by Gasteiger charge is -2.16. The molecule has 170 valence electrons. The molecule has 0 amide bonds. The van der Waals surface area contributed by atoms with Crippen molar-refractivity contribution in [3.63, 3.8) is 0 Å². The minimum atomic E-state index is -4.21. The Kier molecular flexibility index (Phi) is 5.43. The van der Waals surface area contributed by atoms with Crippen LogP contribution >= 0.6 is 0 Å². The quantitative estimate of drug-likeness (QED) is 0.444. The van der Waals surface area contributed by atoms with E-state index in [-0.39, 0.29) is 0 Å². The summed E-state index contributed by atoms with van der Waals surface area (Å²) in [5, 5.41) is 25.6. The second-order valence-electron chi connectivity index (χ2n) is 8.22. The van der Waals surface area contributed by atoms with Gasteiger partial charge in [0.1, 0.15) is 30.2 Å². The van der Waals surface area contributed by atoms with Gasteiger partial charge in [0.2, 0.25) is 0 Å². The molecule has 0 unspecified atom stereocenters. The van der Waals surface area contributed by atoms with E-state index in [4.69, 9.17) is 9.88 Å². The van der Waals surface area contributed by atoms with Gasteiger partial charge in [0.05, 0.1) is 18.6 Å². The summed E-state index contributed by atoms with van der Waals surface area (Å²) in [5.41, 5.74) is 4.57. The summed E-state index contributed by atoms with van der Waals surface area (Å²) in [7, 11) is -4.21. The van der Waals surface area contributed by atoms with Gasteiger partial charge < -0.3 is 14.9 Å². The molecule has 1 aliphatic heterocycles. The highest BCUT2D eigenvalue weighted by Crippen LogP contribution is 2.33. The molecule has 1 aliphatic carbocycles. The van der Waals surface area contributed by atoms with Gasteiger partial charge in [-0.2, -0.15) is 8.42 Å². The van der Waals surface area contributed by atoms with Crippen LogP contribution in [0, 0.1) is 5.92 Å². The minimum Gasteiger partial charge on any atom is -0.387 e. The van der Waals surface area contributed by atoms with Crippen LogP contribution in [0.2, 0.25) is 0 Å². The van der Waals surface area contributed by atoms with Crippen molar-refractivity contribution in [3.8, 4) is 0 Å². The largest absolute Gasteiger partial charge is 0.387 e. The van der Waals surface area contributed by atoms with Crippen LogP contribution in [-0.2, 0) is 38.5 Å². The number of ether oxygens (including phenoxy) is 1. The molecule has 32 heavy (non-hydrogen) atoms. The number of aliphatic hydroxyl groups excluding tert-OH is 2. The molecule has 1 fully saturated rings. The third-order valence-electron chi connectivity index (χ3n) is 6.06. The van der Waals surface area contributed by atoms with Gasteiger partial charge in [-0.25, -0.2) is 20.1 Å². The molecule has 11 nitrogen and oxygen atoms in total. The van der Waals surface area contributed by atoms with Crippen LogP contribution in [0.4, 0.5) is 0 Å². The highest BCUT2D eigenvalue weighted by molar-refractivity contribution is 7.84. The number of nitrogens with zero attached hydrogens (tertiary/aromatic N) is 4. The van der Waals surface area contributed by atoms with Gasteiger partial charge in [0, 0.05) is 0 Å². The third kappa shape index (κ3) is 4.00. The number of hydrogen-bond acceptors (Lipinski definition) is 9. The van der Waals surface area contributed by atoms with Gasteiger partial charge in [-0.3, -0.25) is 8.75 Å². The summed E-state index contributed by atoms with van der Waals surface area (Å²) < 4.78 is 33.8. The molecule has 4 N–H and O–H groups in total. The van der Waals surface area contributed by atoms with Crippen LogP contribution in [0.5, 0.6) is 0 Å². The smallest absolute Gasteiger partial charge is 0.333 e. The molecule has 5 rings (SSSR count). The summed E-state index contributed by atoms with van der Waals surface area (Å²) in [6.45, 7) is -0.525. The van der Waals surface area contributed by atoms with Gasteiger partial charge >= 0.3 is 10.3 Å². The fourth-order valence-corrected chi connectivity index (χ4v) is 4.89. The summed E-state index contributed by atoms with van der Waals surface area (Å²) in [6, 6.07) is 8.41. The first-order chi connectivity index (χ1) is 15.3. The van der Waals surface area contributed by atoms with E-state index in [1.165, 1.54) is 28.3 Å². The first-order valence-corrected chi connectivity index (χ1v) is 11.7. The van der Waals surface area contributed by atoms with E-state index in [1.807, 2.05) is 12.1 Å². The number of rotatable bonds is 6. The number of aromatic nitrogens is 4. The zero-order chi connectivity index (χ0) is 22.5. The first kappa shape index (κ1) is 21.4. The normalized spacial score (nSPS) is 26.1. The predicted molar refractivity (Wildman–Crippen MR) is 111 cm³/mol. The van der Waals surface area contributed by atoms with Crippen LogP contribution in [0.3, 0.4) is 0 Å². The SMILES string of the molecule is NS(=O)(=O)OC[C@H]1O[C@@H](n2cnc3c(CC4Cc5ccccc5C4)ncnc32)[C@H](O)[C@@H]1O. The molecule has 3 heterocycles. The number of benzene rings is 1. The number of imidazole rings is 1. The maximum atomic E-state index is 11.0. The Morgan fingerprint density at radius 1 is 1.12 bits per heavy atom. The molecule has 12 heteroatoms. The number of hydrogen-bond donors (Lipinski definition) is 3. The van der Waals surface area contributed by atoms with Gasteiger partial charge in [-0.1, -0.05) is 24.3 Å². The lowest BCUT2D eigenvalue weighted by atomic mass is 9.99. The fourth-order valence-electron chi connectivity index (χ4n) is 4.56. The van der Waals surface area contributed by atoms with E-state index in [9.17, 15) is 18.6 Å². The van der Waals surface area contributed by atoms with E-state index in [1.54, 1.807) is 0 Å². The van der Waals surface area contributed by atoms with Crippen molar-refractivity contribution >= 4 is 21.5 Å². The van der Waals surface area contributed by atoms with Gasteiger partial charge in [-0.15, -0.1) is 0 Å². The Morgan fingerprint density at radius 2 is 1.84 bits per heavy atom. The Morgan fingerprint density at radius 3 is 2.53 bits per heavy atom. The zero-order valence-corrected chi connectivity index (χ0v) is 17.8. The molecule has 2 aromatic heterocycles. The summed E-state index contributed by atoms with van der Waals surface area (Å²) in [6.07, 6.45) is 0.753. The first-order valence-electron chi connectivity index (χ1n) is 10.2.